The molecular formula is C11H13NOS. The zero-order valence-corrected chi connectivity index (χ0v) is 8.70. The minimum Gasteiger partial charge on any atom is -0.396 e. The molecule has 1 atom stereocenters. The van der Waals surface area contributed by atoms with Crippen molar-refractivity contribution < 1.29 is 5.11 Å². The first-order valence-electron chi connectivity index (χ1n) is 4.53. The van der Waals surface area contributed by atoms with Crippen molar-refractivity contribution in [1.29, 1.82) is 5.26 Å². The Kier molecular flexibility index (Phi) is 5.13. The smallest absolute Gasteiger partial charge is 0.0636 e. The molecule has 0 saturated heterocycles. The maximum atomic E-state index is 8.73. The van der Waals surface area contributed by atoms with Crippen LogP contribution in [0.15, 0.2) is 30.3 Å². The molecule has 0 fully saturated rings. The van der Waals surface area contributed by atoms with Gasteiger partial charge in [-0.05, 0) is 5.56 Å². The second-order valence-electron chi connectivity index (χ2n) is 2.86. The van der Waals surface area contributed by atoms with Gasteiger partial charge in [0.2, 0.25) is 0 Å². The van der Waals surface area contributed by atoms with Gasteiger partial charge in [0.25, 0.3) is 0 Å². The van der Waals surface area contributed by atoms with Crippen molar-refractivity contribution in [1.82, 2.24) is 0 Å². The maximum absolute atomic E-state index is 8.73. The highest BCUT2D eigenvalue weighted by Gasteiger charge is 2.10. The van der Waals surface area contributed by atoms with Crippen LogP contribution in [-0.2, 0) is 0 Å². The quantitative estimate of drug-likeness (QED) is 0.806. The molecular weight excluding hydrogens is 194 g/mol. The van der Waals surface area contributed by atoms with Crippen molar-refractivity contribution in [3.8, 4) is 6.07 Å². The van der Waals surface area contributed by atoms with Crippen LogP contribution >= 0.6 is 11.8 Å². The largest absolute Gasteiger partial charge is 0.396 e. The van der Waals surface area contributed by atoms with Gasteiger partial charge in [-0.1, -0.05) is 30.3 Å². The lowest BCUT2D eigenvalue weighted by Gasteiger charge is -2.12. The van der Waals surface area contributed by atoms with Gasteiger partial charge in [-0.15, -0.1) is 0 Å². The summed E-state index contributed by atoms with van der Waals surface area (Å²) >= 11 is 1.63. The van der Waals surface area contributed by atoms with Gasteiger partial charge in [-0.25, -0.2) is 0 Å². The Labute approximate surface area is 88.6 Å². The number of benzene rings is 1. The Morgan fingerprint density at radius 3 is 2.64 bits per heavy atom. The molecule has 0 radical (unpaired) electrons. The highest BCUT2D eigenvalue weighted by molar-refractivity contribution is 7.99. The fraction of sp³-hybridized carbons (Fsp3) is 0.364. The van der Waals surface area contributed by atoms with E-state index in [9.17, 15) is 0 Å². The van der Waals surface area contributed by atoms with Crippen molar-refractivity contribution in [2.75, 3.05) is 12.4 Å². The summed E-state index contributed by atoms with van der Waals surface area (Å²) in [5.41, 5.74) is 1.16. The lowest BCUT2D eigenvalue weighted by atomic mass is 10.1. The molecule has 14 heavy (non-hydrogen) atoms. The summed E-state index contributed by atoms with van der Waals surface area (Å²) in [5.74, 6) is 0.682. The van der Waals surface area contributed by atoms with Crippen LogP contribution in [0.3, 0.4) is 0 Å². The molecule has 0 bridgehead atoms. The average Bonchev–Trinajstić information content (AvgIpc) is 2.25. The SMILES string of the molecule is N#CCC(SCCO)c1ccccc1. The van der Waals surface area contributed by atoms with Crippen LogP contribution in [0.4, 0.5) is 0 Å². The number of hydrogen-bond donors (Lipinski definition) is 1. The van der Waals surface area contributed by atoms with Gasteiger partial charge in [0, 0.05) is 11.0 Å². The zero-order chi connectivity index (χ0) is 10.2. The van der Waals surface area contributed by atoms with Crippen LogP contribution in [0.2, 0.25) is 0 Å². The normalized spacial score (nSPS) is 12.0. The monoisotopic (exact) mass is 207 g/mol. The lowest BCUT2D eigenvalue weighted by Crippen LogP contribution is -1.96. The van der Waals surface area contributed by atoms with E-state index in [0.717, 1.165) is 5.56 Å². The summed E-state index contributed by atoms with van der Waals surface area (Å²) in [7, 11) is 0. The predicted molar refractivity (Wildman–Crippen MR) is 59.0 cm³/mol. The van der Waals surface area contributed by atoms with Gasteiger partial charge in [0.05, 0.1) is 19.1 Å². The minimum absolute atomic E-state index is 0.166. The molecule has 0 saturated carbocycles. The molecule has 0 aliphatic rings. The van der Waals surface area contributed by atoms with Crippen LogP contribution in [0.25, 0.3) is 0 Å². The average molecular weight is 207 g/mol. The fourth-order valence-electron chi connectivity index (χ4n) is 1.22. The second-order valence-corrected chi connectivity index (χ2v) is 4.17. The molecule has 1 unspecified atom stereocenters. The molecule has 0 aromatic heterocycles. The lowest BCUT2D eigenvalue weighted by molar-refractivity contribution is 0.322. The summed E-state index contributed by atoms with van der Waals surface area (Å²) in [5, 5.41) is 17.6. The van der Waals surface area contributed by atoms with Crippen LogP contribution < -0.4 is 0 Å². The Morgan fingerprint density at radius 2 is 2.07 bits per heavy atom. The molecule has 1 aromatic rings. The van der Waals surface area contributed by atoms with Crippen LogP contribution in [0.5, 0.6) is 0 Å². The van der Waals surface area contributed by atoms with E-state index in [1.54, 1.807) is 11.8 Å². The molecule has 74 valence electrons. The van der Waals surface area contributed by atoms with E-state index < -0.39 is 0 Å². The van der Waals surface area contributed by atoms with E-state index in [-0.39, 0.29) is 11.9 Å². The molecule has 0 aliphatic heterocycles. The van der Waals surface area contributed by atoms with Gasteiger partial charge in [-0.3, -0.25) is 0 Å². The van der Waals surface area contributed by atoms with Crippen LogP contribution in [0.1, 0.15) is 17.2 Å². The summed E-state index contributed by atoms with van der Waals surface area (Å²) < 4.78 is 0. The number of nitrogens with zero attached hydrogens (tertiary/aromatic N) is 1. The molecule has 0 heterocycles. The van der Waals surface area contributed by atoms with Gasteiger partial charge < -0.3 is 5.11 Å². The van der Waals surface area contributed by atoms with Gasteiger partial charge in [0.15, 0.2) is 0 Å². The molecule has 1 aromatic carbocycles. The van der Waals surface area contributed by atoms with Crippen LogP contribution in [0, 0.1) is 11.3 Å². The number of aliphatic hydroxyl groups is 1. The Bertz CT molecular complexity index is 294. The highest BCUT2D eigenvalue weighted by Crippen LogP contribution is 2.31. The van der Waals surface area contributed by atoms with Crippen molar-refractivity contribution in [3.05, 3.63) is 35.9 Å². The van der Waals surface area contributed by atoms with Crippen molar-refractivity contribution in [3.63, 3.8) is 0 Å². The number of aliphatic hydroxyl groups excluding tert-OH is 1. The summed E-state index contributed by atoms with van der Waals surface area (Å²) in [4.78, 5) is 0. The van der Waals surface area contributed by atoms with E-state index in [1.807, 2.05) is 30.3 Å². The molecule has 1 rings (SSSR count). The minimum atomic E-state index is 0.166. The van der Waals surface area contributed by atoms with E-state index >= 15 is 0 Å². The maximum Gasteiger partial charge on any atom is 0.0636 e. The number of thioether (sulfide) groups is 1. The van der Waals surface area contributed by atoms with E-state index in [2.05, 4.69) is 6.07 Å². The third kappa shape index (κ3) is 3.41. The standard InChI is InChI=1S/C11H13NOS/c12-7-6-11(14-9-8-13)10-4-2-1-3-5-10/h1-5,11,13H,6,8-9H2. The van der Waals surface area contributed by atoms with Crippen molar-refractivity contribution in [2.45, 2.75) is 11.7 Å². The van der Waals surface area contributed by atoms with Gasteiger partial charge in [-0.2, -0.15) is 17.0 Å². The Morgan fingerprint density at radius 1 is 1.36 bits per heavy atom. The van der Waals surface area contributed by atoms with Crippen LogP contribution in [-0.4, -0.2) is 17.5 Å². The fourth-order valence-corrected chi connectivity index (χ4v) is 2.15. The van der Waals surface area contributed by atoms with Crippen molar-refractivity contribution in [2.24, 2.45) is 0 Å². The highest BCUT2D eigenvalue weighted by atomic mass is 32.2. The first-order chi connectivity index (χ1) is 6.88. The summed E-state index contributed by atoms with van der Waals surface area (Å²) in [6, 6.07) is 12.1. The third-order valence-electron chi connectivity index (χ3n) is 1.86. The first kappa shape index (κ1) is 11.1. The first-order valence-corrected chi connectivity index (χ1v) is 5.57. The summed E-state index contributed by atoms with van der Waals surface area (Å²) in [6.45, 7) is 0.166. The van der Waals surface area contributed by atoms with E-state index in [4.69, 9.17) is 10.4 Å². The third-order valence-corrected chi connectivity index (χ3v) is 3.12. The Balaban J connectivity index is 2.63. The molecule has 0 spiro atoms. The van der Waals surface area contributed by atoms with Crippen molar-refractivity contribution >= 4 is 11.8 Å². The Hall–Kier alpha value is -0.980. The number of hydrogen-bond acceptors (Lipinski definition) is 3. The molecule has 2 nitrogen and oxygen atoms in total. The topological polar surface area (TPSA) is 44.0 Å². The molecule has 0 amide bonds. The predicted octanol–water partition coefficient (Wildman–Crippen LogP) is 2.37. The van der Waals surface area contributed by atoms with Gasteiger partial charge in [0.1, 0.15) is 0 Å². The number of nitriles is 1. The zero-order valence-electron chi connectivity index (χ0n) is 7.89. The van der Waals surface area contributed by atoms with Gasteiger partial charge >= 0.3 is 0 Å². The summed E-state index contributed by atoms with van der Waals surface area (Å²) in [6.07, 6.45) is 0.495. The van der Waals surface area contributed by atoms with E-state index in [0.29, 0.717) is 12.2 Å². The number of rotatable bonds is 5. The van der Waals surface area contributed by atoms with E-state index in [1.165, 1.54) is 0 Å². The molecule has 0 aliphatic carbocycles. The molecule has 1 N–H and O–H groups in total. The molecule has 3 heteroatoms. The second kappa shape index (κ2) is 6.47.